The van der Waals surface area contributed by atoms with Crippen LogP contribution in [0.5, 0.6) is 5.75 Å². The number of likely N-dealkylation sites (N-methyl/N-ethyl adjacent to an activating group) is 1. The Balaban J connectivity index is 1.36. The number of alkyl halides is 3. The van der Waals surface area contributed by atoms with Crippen molar-refractivity contribution >= 4 is 5.91 Å². The first-order valence-corrected chi connectivity index (χ1v) is 14.1. The van der Waals surface area contributed by atoms with Crippen LogP contribution in [0.25, 0.3) is 0 Å². The molecule has 4 rings (SSSR count). The second-order valence-corrected chi connectivity index (χ2v) is 10.9. The number of aromatic nitrogens is 2. The second-order valence-electron chi connectivity index (χ2n) is 10.9. The summed E-state index contributed by atoms with van der Waals surface area (Å²) >= 11 is 0. The van der Waals surface area contributed by atoms with E-state index >= 15 is 0 Å². The lowest BCUT2D eigenvalue weighted by Crippen LogP contribution is -2.57. The van der Waals surface area contributed by atoms with Gasteiger partial charge < -0.3 is 19.6 Å². The molecular weight excluding hydrogens is 523 g/mol. The molecule has 2 atom stereocenters. The lowest BCUT2D eigenvalue weighted by Gasteiger charge is -2.48. The largest absolute Gasteiger partial charge is 0.493 e. The molecule has 0 bridgehead atoms. The summed E-state index contributed by atoms with van der Waals surface area (Å²) in [5.41, 5.74) is 3.74. The molecule has 1 unspecified atom stereocenters. The number of carbonyl (C=O) groups excluding carboxylic acids is 1. The van der Waals surface area contributed by atoms with Crippen LogP contribution in [0.15, 0.2) is 24.5 Å². The van der Waals surface area contributed by atoms with Gasteiger partial charge in [-0.3, -0.25) is 9.69 Å². The first-order chi connectivity index (χ1) is 19.1. The third-order valence-corrected chi connectivity index (χ3v) is 8.19. The number of amides is 1. The van der Waals surface area contributed by atoms with Crippen molar-refractivity contribution in [1.29, 1.82) is 0 Å². The van der Waals surface area contributed by atoms with Crippen molar-refractivity contribution in [2.45, 2.75) is 64.2 Å². The Hall–Kier alpha value is -2.76. The third kappa shape index (κ3) is 7.11. The highest BCUT2D eigenvalue weighted by Gasteiger charge is 2.38. The Labute approximate surface area is 234 Å². The van der Waals surface area contributed by atoms with Gasteiger partial charge in [0.2, 0.25) is 5.82 Å². The second kappa shape index (κ2) is 13.3. The molecule has 220 valence electrons. The van der Waals surface area contributed by atoms with E-state index in [0.29, 0.717) is 32.8 Å². The summed E-state index contributed by atoms with van der Waals surface area (Å²) in [5.74, 6) is -0.663. The molecule has 0 aliphatic carbocycles. The third-order valence-electron chi connectivity index (χ3n) is 8.19. The summed E-state index contributed by atoms with van der Waals surface area (Å²) in [7, 11) is 2.01. The number of ether oxygens (including phenoxy) is 1. The van der Waals surface area contributed by atoms with Gasteiger partial charge in [0.15, 0.2) is 0 Å². The maximum Gasteiger partial charge on any atom is 0.451 e. The van der Waals surface area contributed by atoms with Crippen LogP contribution >= 0.6 is 0 Å². The number of piperazine rings is 1. The molecule has 2 aliphatic heterocycles. The van der Waals surface area contributed by atoms with Gasteiger partial charge in [0.1, 0.15) is 5.75 Å². The van der Waals surface area contributed by atoms with Crippen molar-refractivity contribution < 1.29 is 27.8 Å². The van der Waals surface area contributed by atoms with E-state index in [4.69, 9.17) is 9.84 Å². The van der Waals surface area contributed by atoms with Gasteiger partial charge >= 0.3 is 6.18 Å². The minimum atomic E-state index is -4.64. The normalized spacial score (nSPS) is 20.1. The number of benzene rings is 1. The van der Waals surface area contributed by atoms with Crippen molar-refractivity contribution in [1.82, 2.24) is 24.7 Å². The van der Waals surface area contributed by atoms with Crippen molar-refractivity contribution in [2.24, 2.45) is 0 Å². The van der Waals surface area contributed by atoms with Crippen molar-refractivity contribution in [3.63, 3.8) is 0 Å². The molecule has 1 aromatic heterocycles. The summed E-state index contributed by atoms with van der Waals surface area (Å²) in [6, 6.07) is 4.69. The molecule has 0 radical (unpaired) electrons. The Bertz CT molecular complexity index is 1140. The molecule has 1 aromatic carbocycles. The van der Waals surface area contributed by atoms with Crippen LogP contribution in [0.3, 0.4) is 0 Å². The average Bonchev–Trinajstić information content (AvgIpc) is 2.94. The van der Waals surface area contributed by atoms with Crippen LogP contribution < -0.4 is 4.74 Å². The molecule has 1 amide bonds. The lowest BCUT2D eigenvalue weighted by atomic mass is 9.86. The number of rotatable bonds is 10. The van der Waals surface area contributed by atoms with Gasteiger partial charge in [-0.1, -0.05) is 6.07 Å². The van der Waals surface area contributed by atoms with E-state index in [1.807, 2.05) is 7.05 Å². The minimum absolute atomic E-state index is 0.0769. The number of unbranched alkanes of at least 4 members (excludes halogenated alkanes) is 1. The Morgan fingerprint density at radius 3 is 2.55 bits per heavy atom. The first kappa shape index (κ1) is 30.2. The number of nitrogens with zero attached hydrogens (tertiary/aromatic N) is 5. The van der Waals surface area contributed by atoms with Crippen molar-refractivity contribution in [2.75, 3.05) is 53.0 Å². The Morgan fingerprint density at radius 1 is 1.10 bits per heavy atom. The fourth-order valence-corrected chi connectivity index (χ4v) is 5.82. The highest BCUT2D eigenvalue weighted by molar-refractivity contribution is 5.93. The number of piperidine rings is 1. The molecule has 2 aromatic rings. The molecule has 40 heavy (non-hydrogen) atoms. The van der Waals surface area contributed by atoms with Crippen LogP contribution in [0.1, 0.15) is 71.0 Å². The highest BCUT2D eigenvalue weighted by atomic mass is 19.4. The predicted octanol–water partition coefficient (Wildman–Crippen LogP) is 4.25. The van der Waals surface area contributed by atoms with Crippen LogP contribution in [0.2, 0.25) is 0 Å². The molecule has 1 N–H and O–H groups in total. The monoisotopic (exact) mass is 563 g/mol. The summed E-state index contributed by atoms with van der Waals surface area (Å²) in [6.45, 7) is 8.42. The fourth-order valence-electron chi connectivity index (χ4n) is 5.82. The van der Waals surface area contributed by atoms with E-state index in [1.165, 1.54) is 11.1 Å². The van der Waals surface area contributed by atoms with Crippen molar-refractivity contribution in [3.05, 3.63) is 52.6 Å². The van der Waals surface area contributed by atoms with E-state index in [-0.39, 0.29) is 30.2 Å². The van der Waals surface area contributed by atoms with Gasteiger partial charge in [0, 0.05) is 50.7 Å². The van der Waals surface area contributed by atoms with Crippen LogP contribution in [-0.2, 0) is 6.18 Å². The Morgan fingerprint density at radius 2 is 1.85 bits per heavy atom. The molecule has 11 heteroatoms. The smallest absolute Gasteiger partial charge is 0.451 e. The molecule has 0 saturated carbocycles. The zero-order valence-electron chi connectivity index (χ0n) is 23.6. The molecule has 2 saturated heterocycles. The summed E-state index contributed by atoms with van der Waals surface area (Å²) in [5, 5.41) is 9.01. The van der Waals surface area contributed by atoms with E-state index in [0.717, 1.165) is 62.4 Å². The van der Waals surface area contributed by atoms with Crippen LogP contribution in [0.4, 0.5) is 13.2 Å². The first-order valence-electron chi connectivity index (χ1n) is 14.1. The van der Waals surface area contributed by atoms with Gasteiger partial charge in [-0.15, -0.1) is 0 Å². The topological polar surface area (TPSA) is 82.0 Å². The van der Waals surface area contributed by atoms with Gasteiger partial charge in [0.05, 0.1) is 18.8 Å². The van der Waals surface area contributed by atoms with Crippen LogP contribution in [0, 0.1) is 13.8 Å². The number of fused-ring (bicyclic) bond motifs is 1. The zero-order valence-corrected chi connectivity index (χ0v) is 23.6. The molecule has 2 aliphatic rings. The maximum absolute atomic E-state index is 13.0. The minimum Gasteiger partial charge on any atom is -0.493 e. The van der Waals surface area contributed by atoms with Gasteiger partial charge in [-0.05, 0) is 82.3 Å². The molecule has 0 spiro atoms. The van der Waals surface area contributed by atoms with Gasteiger partial charge in [-0.25, -0.2) is 9.97 Å². The fraction of sp³-hybridized carbons (Fsp3) is 0.621. The quantitative estimate of drug-likeness (QED) is 0.433. The van der Waals surface area contributed by atoms with E-state index in [2.05, 4.69) is 45.7 Å². The number of carbonyl (C=O) groups is 1. The molecule has 2 fully saturated rings. The SMILES string of the molecule is Cc1c(OCCCCN(C)CCO)ccc([C@H]2CCCC3CN(C(=O)c4cnc(C(F)(F)F)nc4)CCN32)c1C. The Kier molecular flexibility index (Phi) is 10.0. The van der Waals surface area contributed by atoms with Crippen LogP contribution in [-0.4, -0.2) is 94.7 Å². The number of hydrogen-bond acceptors (Lipinski definition) is 7. The maximum atomic E-state index is 13.0. The van der Waals surface area contributed by atoms with E-state index in [9.17, 15) is 18.0 Å². The molecular formula is C29H40F3N5O3. The number of halogens is 3. The standard InChI is InChI=1S/C29H40F3N5O3/c1-20-21(2)26(40-16-5-4-11-35(3)14-15-38)10-9-24(20)25-8-6-7-23-19-36(12-13-37(23)25)27(39)22-17-33-28(34-18-22)29(30,31)32/h9-10,17-18,23,25,38H,4-8,11-16,19H2,1-3H3/t23?,25-/m1/s1. The van der Waals surface area contributed by atoms with Gasteiger partial charge in [0.25, 0.3) is 5.91 Å². The number of hydrogen-bond donors (Lipinski definition) is 1. The highest BCUT2D eigenvalue weighted by Crippen LogP contribution is 2.39. The average molecular weight is 564 g/mol. The van der Waals surface area contributed by atoms with E-state index < -0.39 is 12.0 Å². The summed E-state index contributed by atoms with van der Waals surface area (Å²) in [6.07, 6.45) is 2.31. The summed E-state index contributed by atoms with van der Waals surface area (Å²) < 4.78 is 44.5. The van der Waals surface area contributed by atoms with Crippen molar-refractivity contribution in [3.8, 4) is 5.75 Å². The van der Waals surface area contributed by atoms with Gasteiger partial charge in [-0.2, -0.15) is 13.2 Å². The number of aliphatic hydroxyl groups is 1. The molecule has 8 nitrogen and oxygen atoms in total. The number of aliphatic hydroxyl groups excluding tert-OH is 1. The predicted molar refractivity (Wildman–Crippen MR) is 145 cm³/mol. The lowest BCUT2D eigenvalue weighted by molar-refractivity contribution is -0.145. The zero-order chi connectivity index (χ0) is 28.9. The summed E-state index contributed by atoms with van der Waals surface area (Å²) in [4.78, 5) is 26.0. The molecule has 3 heterocycles. The van der Waals surface area contributed by atoms with E-state index in [1.54, 1.807) is 4.90 Å².